The minimum absolute atomic E-state index is 0.358. The standard InChI is InChI=1S/C9H7FO2/c10-9(12)6-8(11)7-4-2-1-3-5-7/h1-6,11H. The van der Waals surface area contributed by atoms with Gasteiger partial charge in [-0.05, 0) is 0 Å². The summed E-state index contributed by atoms with van der Waals surface area (Å²) in [6.07, 6.45) is 0.537. The molecule has 62 valence electrons. The first-order valence-electron chi connectivity index (χ1n) is 3.35. The zero-order valence-corrected chi connectivity index (χ0v) is 6.20. The predicted octanol–water partition coefficient (Wildman–Crippen LogP) is 2.08. The van der Waals surface area contributed by atoms with Crippen LogP contribution in [0, 0.1) is 0 Å². The second-order valence-electron chi connectivity index (χ2n) is 2.20. The molecular weight excluding hydrogens is 159 g/mol. The molecule has 0 saturated heterocycles. The Morgan fingerprint density at radius 1 is 1.33 bits per heavy atom. The molecule has 0 fully saturated rings. The SMILES string of the molecule is O=C(F)C=C(O)c1ccccc1. The normalized spacial score (nSPS) is 11.2. The van der Waals surface area contributed by atoms with Crippen LogP contribution in [-0.2, 0) is 4.79 Å². The van der Waals surface area contributed by atoms with Crippen molar-refractivity contribution in [1.82, 2.24) is 0 Å². The van der Waals surface area contributed by atoms with Crippen molar-refractivity contribution in [2.45, 2.75) is 0 Å². The van der Waals surface area contributed by atoms with Crippen LogP contribution in [0.15, 0.2) is 36.4 Å². The van der Waals surface area contributed by atoms with E-state index in [1.165, 1.54) is 0 Å². The minimum Gasteiger partial charge on any atom is -0.507 e. The van der Waals surface area contributed by atoms with Gasteiger partial charge in [-0.2, -0.15) is 4.39 Å². The summed E-state index contributed by atoms with van der Waals surface area (Å²) in [4.78, 5) is 9.92. The van der Waals surface area contributed by atoms with Crippen molar-refractivity contribution in [3.63, 3.8) is 0 Å². The molecule has 0 spiro atoms. The highest BCUT2D eigenvalue weighted by Crippen LogP contribution is 2.09. The maximum Gasteiger partial charge on any atom is 0.328 e. The van der Waals surface area contributed by atoms with Gasteiger partial charge in [0, 0.05) is 5.56 Å². The fourth-order valence-electron chi connectivity index (χ4n) is 0.800. The molecule has 0 saturated carbocycles. The van der Waals surface area contributed by atoms with E-state index in [0.29, 0.717) is 11.6 Å². The molecule has 0 atom stereocenters. The molecule has 0 aliphatic carbocycles. The smallest absolute Gasteiger partial charge is 0.328 e. The topological polar surface area (TPSA) is 37.3 Å². The monoisotopic (exact) mass is 166 g/mol. The lowest BCUT2D eigenvalue weighted by molar-refractivity contribution is -0.124. The Balaban J connectivity index is 2.93. The van der Waals surface area contributed by atoms with Crippen molar-refractivity contribution >= 4 is 11.8 Å². The zero-order valence-electron chi connectivity index (χ0n) is 6.20. The molecule has 0 radical (unpaired) electrons. The van der Waals surface area contributed by atoms with E-state index >= 15 is 0 Å². The number of hydrogen-bond acceptors (Lipinski definition) is 2. The van der Waals surface area contributed by atoms with Crippen LogP contribution < -0.4 is 0 Å². The molecule has 12 heavy (non-hydrogen) atoms. The molecule has 0 aromatic heterocycles. The zero-order chi connectivity index (χ0) is 8.97. The Kier molecular flexibility index (Phi) is 2.58. The Morgan fingerprint density at radius 2 is 1.92 bits per heavy atom. The number of hydrogen-bond donors (Lipinski definition) is 1. The highest BCUT2D eigenvalue weighted by atomic mass is 19.1. The predicted molar refractivity (Wildman–Crippen MR) is 43.2 cm³/mol. The van der Waals surface area contributed by atoms with Gasteiger partial charge in [-0.25, -0.2) is 0 Å². The van der Waals surface area contributed by atoms with Gasteiger partial charge in [0.1, 0.15) is 5.76 Å². The van der Waals surface area contributed by atoms with Crippen molar-refractivity contribution in [3.05, 3.63) is 42.0 Å². The largest absolute Gasteiger partial charge is 0.507 e. The van der Waals surface area contributed by atoms with Gasteiger partial charge >= 0.3 is 6.04 Å². The first-order chi connectivity index (χ1) is 5.70. The lowest BCUT2D eigenvalue weighted by atomic mass is 10.2. The fourth-order valence-corrected chi connectivity index (χ4v) is 0.800. The molecule has 1 aromatic carbocycles. The van der Waals surface area contributed by atoms with Gasteiger partial charge in [-0.1, -0.05) is 30.3 Å². The Hall–Kier alpha value is -1.64. The molecule has 0 aliphatic rings. The summed E-state index contributed by atoms with van der Waals surface area (Å²) in [5.74, 6) is -0.358. The number of carbonyl (C=O) groups is 1. The lowest BCUT2D eigenvalue weighted by Gasteiger charge is -1.96. The molecule has 0 bridgehead atoms. The molecule has 0 heterocycles. The molecule has 2 nitrogen and oxygen atoms in total. The van der Waals surface area contributed by atoms with Gasteiger partial charge in [0.25, 0.3) is 0 Å². The summed E-state index contributed by atoms with van der Waals surface area (Å²) in [6, 6.07) is 6.62. The van der Waals surface area contributed by atoms with E-state index in [9.17, 15) is 9.18 Å². The number of rotatable bonds is 2. The average Bonchev–Trinajstić information content (AvgIpc) is 2.05. The maximum absolute atomic E-state index is 11.8. The van der Waals surface area contributed by atoms with E-state index < -0.39 is 6.04 Å². The van der Waals surface area contributed by atoms with E-state index in [2.05, 4.69) is 0 Å². The van der Waals surface area contributed by atoms with E-state index in [4.69, 9.17) is 5.11 Å². The number of allylic oxidation sites excluding steroid dienone is 1. The Bertz CT molecular complexity index is 304. The quantitative estimate of drug-likeness (QED) is 0.415. The number of halogens is 1. The molecule has 3 heteroatoms. The summed E-state index contributed by atoms with van der Waals surface area (Å²) < 4.78 is 11.8. The Labute approximate surface area is 69.0 Å². The van der Waals surface area contributed by atoms with E-state index in [-0.39, 0.29) is 5.76 Å². The molecule has 1 rings (SSSR count). The summed E-state index contributed by atoms with van der Waals surface area (Å²) in [5.41, 5.74) is 0.420. The van der Waals surface area contributed by atoms with Crippen LogP contribution in [0.5, 0.6) is 0 Å². The van der Waals surface area contributed by atoms with E-state index in [1.807, 2.05) is 0 Å². The lowest BCUT2D eigenvalue weighted by Crippen LogP contribution is -1.86. The first-order valence-corrected chi connectivity index (χ1v) is 3.35. The first kappa shape index (κ1) is 8.46. The third kappa shape index (κ3) is 2.20. The second-order valence-corrected chi connectivity index (χ2v) is 2.20. The van der Waals surface area contributed by atoms with Gasteiger partial charge in [-0.15, -0.1) is 0 Å². The van der Waals surface area contributed by atoms with E-state index in [1.54, 1.807) is 30.3 Å². The van der Waals surface area contributed by atoms with Gasteiger partial charge in [0.05, 0.1) is 6.08 Å². The summed E-state index contributed by atoms with van der Waals surface area (Å²) in [6.45, 7) is 0. The van der Waals surface area contributed by atoms with Crippen molar-refractivity contribution in [3.8, 4) is 0 Å². The second kappa shape index (κ2) is 3.67. The van der Waals surface area contributed by atoms with Crippen LogP contribution in [-0.4, -0.2) is 11.1 Å². The third-order valence-corrected chi connectivity index (χ3v) is 1.32. The van der Waals surface area contributed by atoms with Gasteiger partial charge < -0.3 is 5.11 Å². The number of aliphatic hydroxyl groups excluding tert-OH is 1. The highest BCUT2D eigenvalue weighted by Gasteiger charge is 1.99. The number of aliphatic hydroxyl groups is 1. The molecule has 0 unspecified atom stereocenters. The van der Waals surface area contributed by atoms with Gasteiger partial charge in [-0.3, -0.25) is 4.79 Å². The highest BCUT2D eigenvalue weighted by molar-refractivity contribution is 5.88. The van der Waals surface area contributed by atoms with Crippen molar-refractivity contribution in [2.24, 2.45) is 0 Å². The van der Waals surface area contributed by atoms with Crippen LogP contribution in [0.25, 0.3) is 5.76 Å². The summed E-state index contributed by atoms with van der Waals surface area (Å²) in [7, 11) is 0. The number of benzene rings is 1. The molecule has 1 N–H and O–H groups in total. The van der Waals surface area contributed by atoms with E-state index in [0.717, 1.165) is 0 Å². The molecule has 1 aromatic rings. The third-order valence-electron chi connectivity index (χ3n) is 1.32. The minimum atomic E-state index is -1.66. The van der Waals surface area contributed by atoms with Gasteiger partial charge in [0.15, 0.2) is 0 Å². The fraction of sp³-hybridized carbons (Fsp3) is 0. The van der Waals surface area contributed by atoms with Crippen molar-refractivity contribution < 1.29 is 14.3 Å². The Morgan fingerprint density at radius 3 is 2.42 bits per heavy atom. The van der Waals surface area contributed by atoms with Crippen LogP contribution in [0.3, 0.4) is 0 Å². The van der Waals surface area contributed by atoms with Crippen LogP contribution >= 0.6 is 0 Å². The average molecular weight is 166 g/mol. The summed E-state index contributed by atoms with van der Waals surface area (Å²) in [5, 5.41) is 9.09. The van der Waals surface area contributed by atoms with Crippen molar-refractivity contribution in [1.29, 1.82) is 0 Å². The van der Waals surface area contributed by atoms with Gasteiger partial charge in [0.2, 0.25) is 0 Å². The molecule has 0 aliphatic heterocycles. The maximum atomic E-state index is 11.8. The van der Waals surface area contributed by atoms with Crippen molar-refractivity contribution in [2.75, 3.05) is 0 Å². The summed E-state index contributed by atoms with van der Waals surface area (Å²) >= 11 is 0. The molecule has 0 amide bonds. The van der Waals surface area contributed by atoms with Crippen LogP contribution in [0.4, 0.5) is 4.39 Å². The number of carbonyl (C=O) groups excluding carboxylic acids is 1. The van der Waals surface area contributed by atoms with Crippen LogP contribution in [0.2, 0.25) is 0 Å². The molecular formula is C9H7FO2. The van der Waals surface area contributed by atoms with Crippen LogP contribution in [0.1, 0.15) is 5.56 Å².